The molecule has 0 saturated carbocycles. The number of nitrogens with zero attached hydrogens (tertiary/aromatic N) is 2. The lowest BCUT2D eigenvalue weighted by molar-refractivity contribution is -0.139. The molecule has 0 aliphatic heterocycles. The lowest BCUT2D eigenvalue weighted by Crippen LogP contribution is -2.52. The minimum absolute atomic E-state index is 0.0633. The van der Waals surface area contributed by atoms with Crippen LogP contribution in [0.15, 0.2) is 48.5 Å². The molecule has 9 nitrogen and oxygen atoms in total. The molecule has 190 valence electrons. The standard InChI is InChI=1S/C25H33N3O6S/c1-17(2)26-25(31)18(3)27(15-20-9-7-12-23(13-20)34-5)24(30)16-28(35(6,32)33)22-11-8-10-21(14-22)19(4)29/h7-14,17-18H,15-16H2,1-6H3,(H,26,31)/t18-/m0/s1. The van der Waals surface area contributed by atoms with Crippen molar-refractivity contribution >= 4 is 33.3 Å². The van der Waals surface area contributed by atoms with Gasteiger partial charge in [-0.05, 0) is 57.5 Å². The molecule has 35 heavy (non-hydrogen) atoms. The predicted octanol–water partition coefficient (Wildman–Crippen LogP) is 2.61. The molecule has 0 aliphatic carbocycles. The molecule has 2 aromatic rings. The maximum Gasteiger partial charge on any atom is 0.244 e. The molecule has 0 aliphatic rings. The summed E-state index contributed by atoms with van der Waals surface area (Å²) >= 11 is 0. The smallest absolute Gasteiger partial charge is 0.244 e. The van der Waals surface area contributed by atoms with Gasteiger partial charge in [0.25, 0.3) is 0 Å². The fourth-order valence-electron chi connectivity index (χ4n) is 3.45. The highest BCUT2D eigenvalue weighted by Gasteiger charge is 2.30. The number of benzene rings is 2. The molecule has 0 saturated heterocycles. The number of anilines is 1. The van der Waals surface area contributed by atoms with E-state index >= 15 is 0 Å². The molecule has 0 aromatic heterocycles. The fourth-order valence-corrected chi connectivity index (χ4v) is 4.29. The Balaban J connectivity index is 2.44. The number of ether oxygens (including phenoxy) is 1. The van der Waals surface area contributed by atoms with Gasteiger partial charge in [0.05, 0.1) is 19.1 Å². The molecule has 1 atom stereocenters. The average molecular weight is 504 g/mol. The van der Waals surface area contributed by atoms with Crippen molar-refractivity contribution in [1.29, 1.82) is 0 Å². The van der Waals surface area contributed by atoms with Crippen LogP contribution in [0.1, 0.15) is 43.6 Å². The molecule has 0 heterocycles. The fraction of sp³-hybridized carbons (Fsp3) is 0.400. The van der Waals surface area contributed by atoms with Crippen molar-refractivity contribution < 1.29 is 27.5 Å². The van der Waals surface area contributed by atoms with Gasteiger partial charge in [-0.2, -0.15) is 0 Å². The Kier molecular flexibility index (Phi) is 9.41. The lowest BCUT2D eigenvalue weighted by Gasteiger charge is -2.32. The quantitative estimate of drug-likeness (QED) is 0.472. The highest BCUT2D eigenvalue weighted by atomic mass is 32.2. The minimum Gasteiger partial charge on any atom is -0.497 e. The molecule has 0 radical (unpaired) electrons. The number of sulfonamides is 1. The van der Waals surface area contributed by atoms with Crippen LogP contribution in [-0.2, 0) is 26.2 Å². The first-order chi connectivity index (χ1) is 16.3. The lowest BCUT2D eigenvalue weighted by atomic mass is 10.1. The second-order valence-corrected chi connectivity index (χ2v) is 10.5. The number of hydrogen-bond acceptors (Lipinski definition) is 6. The molecule has 10 heteroatoms. The van der Waals surface area contributed by atoms with Crippen LogP contribution in [-0.4, -0.2) is 62.9 Å². The molecule has 0 bridgehead atoms. The Labute approximate surface area is 207 Å². The monoisotopic (exact) mass is 503 g/mol. The van der Waals surface area contributed by atoms with E-state index in [2.05, 4.69) is 5.32 Å². The number of Topliss-reactive ketones (excluding diaryl/α,β-unsaturated/α-hetero) is 1. The van der Waals surface area contributed by atoms with Gasteiger partial charge in [-0.25, -0.2) is 8.42 Å². The summed E-state index contributed by atoms with van der Waals surface area (Å²) in [4.78, 5) is 39.5. The van der Waals surface area contributed by atoms with Crippen LogP contribution in [0.5, 0.6) is 5.75 Å². The van der Waals surface area contributed by atoms with Crippen molar-refractivity contribution in [2.45, 2.75) is 46.3 Å². The largest absolute Gasteiger partial charge is 0.497 e. The van der Waals surface area contributed by atoms with E-state index in [-0.39, 0.29) is 30.0 Å². The zero-order chi connectivity index (χ0) is 26.3. The molecule has 0 unspecified atom stereocenters. The van der Waals surface area contributed by atoms with Crippen LogP contribution in [0, 0.1) is 0 Å². The van der Waals surface area contributed by atoms with Crippen molar-refractivity contribution in [3.05, 3.63) is 59.7 Å². The Morgan fingerprint density at radius 1 is 1.03 bits per heavy atom. The van der Waals surface area contributed by atoms with E-state index in [1.54, 1.807) is 43.3 Å². The first-order valence-corrected chi connectivity index (χ1v) is 13.0. The Bertz CT molecular complexity index is 1180. The van der Waals surface area contributed by atoms with E-state index in [0.717, 1.165) is 10.6 Å². The summed E-state index contributed by atoms with van der Waals surface area (Å²) in [5, 5.41) is 2.79. The maximum atomic E-state index is 13.5. The van der Waals surface area contributed by atoms with Crippen molar-refractivity contribution in [3.63, 3.8) is 0 Å². The van der Waals surface area contributed by atoms with Gasteiger partial charge in [-0.15, -0.1) is 0 Å². The number of nitrogens with one attached hydrogen (secondary N) is 1. The second kappa shape index (κ2) is 11.8. The summed E-state index contributed by atoms with van der Waals surface area (Å²) in [5.41, 5.74) is 1.22. The Morgan fingerprint density at radius 2 is 1.69 bits per heavy atom. The minimum atomic E-state index is -3.88. The summed E-state index contributed by atoms with van der Waals surface area (Å²) in [6.45, 7) is 6.12. The average Bonchev–Trinajstić information content (AvgIpc) is 2.79. The van der Waals surface area contributed by atoms with Gasteiger partial charge in [-0.3, -0.25) is 18.7 Å². The first kappa shape index (κ1) is 27.8. The highest BCUT2D eigenvalue weighted by molar-refractivity contribution is 7.92. The third-order valence-corrected chi connectivity index (χ3v) is 6.45. The summed E-state index contributed by atoms with van der Waals surface area (Å²) in [6, 6.07) is 12.1. The molecule has 1 N–H and O–H groups in total. The molecular weight excluding hydrogens is 470 g/mol. The van der Waals surface area contributed by atoms with E-state index < -0.39 is 28.5 Å². The van der Waals surface area contributed by atoms with E-state index in [0.29, 0.717) is 16.9 Å². The van der Waals surface area contributed by atoms with Crippen LogP contribution in [0.25, 0.3) is 0 Å². The summed E-state index contributed by atoms with van der Waals surface area (Å²) in [7, 11) is -2.36. The number of carbonyl (C=O) groups is 3. The van der Waals surface area contributed by atoms with Crippen molar-refractivity contribution in [1.82, 2.24) is 10.2 Å². The molecular formula is C25H33N3O6S. The number of hydrogen-bond donors (Lipinski definition) is 1. The van der Waals surface area contributed by atoms with Gasteiger partial charge in [0.2, 0.25) is 21.8 Å². The molecule has 2 amide bonds. The normalized spacial score (nSPS) is 12.1. The zero-order valence-corrected chi connectivity index (χ0v) is 21.8. The molecule has 2 aromatic carbocycles. The van der Waals surface area contributed by atoms with Gasteiger partial charge in [0.15, 0.2) is 5.78 Å². The number of ketones is 1. The zero-order valence-electron chi connectivity index (χ0n) is 20.9. The summed E-state index contributed by atoms with van der Waals surface area (Å²) in [6.07, 6.45) is 0.988. The van der Waals surface area contributed by atoms with Gasteiger partial charge >= 0.3 is 0 Å². The van der Waals surface area contributed by atoms with Crippen LogP contribution in [0.4, 0.5) is 5.69 Å². The van der Waals surface area contributed by atoms with Gasteiger partial charge in [0.1, 0.15) is 18.3 Å². The van der Waals surface area contributed by atoms with Crippen molar-refractivity contribution in [2.24, 2.45) is 0 Å². The van der Waals surface area contributed by atoms with Gasteiger partial charge in [-0.1, -0.05) is 24.3 Å². The van der Waals surface area contributed by atoms with Crippen molar-refractivity contribution in [3.8, 4) is 5.75 Å². The predicted molar refractivity (Wildman–Crippen MR) is 135 cm³/mol. The highest BCUT2D eigenvalue weighted by Crippen LogP contribution is 2.21. The Morgan fingerprint density at radius 3 is 2.26 bits per heavy atom. The van der Waals surface area contributed by atoms with Gasteiger partial charge < -0.3 is 15.0 Å². The van der Waals surface area contributed by atoms with Gasteiger partial charge in [0, 0.05) is 18.2 Å². The van der Waals surface area contributed by atoms with E-state index in [1.165, 1.54) is 31.1 Å². The first-order valence-electron chi connectivity index (χ1n) is 11.1. The summed E-state index contributed by atoms with van der Waals surface area (Å²) < 4.78 is 31.5. The summed E-state index contributed by atoms with van der Waals surface area (Å²) in [5.74, 6) is -0.572. The third-order valence-electron chi connectivity index (χ3n) is 5.31. The van der Waals surface area contributed by atoms with Crippen LogP contribution in [0.3, 0.4) is 0 Å². The topological polar surface area (TPSA) is 113 Å². The Hall–Kier alpha value is -3.40. The number of carbonyl (C=O) groups excluding carboxylic acids is 3. The van der Waals surface area contributed by atoms with E-state index in [1.807, 2.05) is 13.8 Å². The van der Waals surface area contributed by atoms with Crippen LogP contribution in [0.2, 0.25) is 0 Å². The number of rotatable bonds is 11. The van der Waals surface area contributed by atoms with Crippen LogP contribution < -0.4 is 14.4 Å². The third kappa shape index (κ3) is 7.81. The second-order valence-electron chi connectivity index (χ2n) is 8.59. The molecule has 2 rings (SSSR count). The molecule has 0 fully saturated rings. The molecule has 0 spiro atoms. The van der Waals surface area contributed by atoms with E-state index in [9.17, 15) is 22.8 Å². The SMILES string of the molecule is COc1cccc(CN(C(=O)CN(c2cccc(C(C)=O)c2)S(C)(=O)=O)[C@@H](C)C(=O)NC(C)C)c1. The number of amides is 2. The maximum absolute atomic E-state index is 13.5. The van der Waals surface area contributed by atoms with Crippen molar-refractivity contribution in [2.75, 3.05) is 24.2 Å². The van der Waals surface area contributed by atoms with E-state index in [4.69, 9.17) is 4.74 Å². The van der Waals surface area contributed by atoms with Crippen LogP contribution >= 0.6 is 0 Å². The number of methoxy groups -OCH3 is 1.